The third kappa shape index (κ3) is 3.32. The molecule has 3 unspecified atom stereocenters. The molecule has 0 amide bonds. The number of nitrogens with two attached hydrogens (primary N) is 1. The molecular formula is C14H21BrN2O. The summed E-state index contributed by atoms with van der Waals surface area (Å²) in [7, 11) is 0. The summed E-state index contributed by atoms with van der Waals surface area (Å²) in [5.41, 5.74) is 7.27. The zero-order chi connectivity index (χ0) is 13.1. The van der Waals surface area contributed by atoms with Crippen LogP contribution in [0.1, 0.15) is 25.5 Å². The Bertz CT molecular complexity index is 380. The van der Waals surface area contributed by atoms with E-state index in [0.717, 1.165) is 24.2 Å². The van der Waals surface area contributed by atoms with Crippen molar-refractivity contribution in [2.24, 2.45) is 5.73 Å². The molecule has 0 aromatic heterocycles. The minimum absolute atomic E-state index is 0.0879. The zero-order valence-corrected chi connectivity index (χ0v) is 12.6. The molecular weight excluding hydrogens is 292 g/mol. The number of hydrogen-bond acceptors (Lipinski definition) is 3. The Morgan fingerprint density at radius 2 is 2.00 bits per heavy atom. The van der Waals surface area contributed by atoms with Gasteiger partial charge in [0, 0.05) is 29.6 Å². The van der Waals surface area contributed by atoms with Crippen LogP contribution in [0.4, 0.5) is 0 Å². The van der Waals surface area contributed by atoms with Crippen LogP contribution in [0, 0.1) is 0 Å². The first-order chi connectivity index (χ1) is 8.58. The normalized spacial score (nSPS) is 24.8. The van der Waals surface area contributed by atoms with Gasteiger partial charge in [-0.2, -0.15) is 0 Å². The van der Waals surface area contributed by atoms with Gasteiger partial charge in [-0.15, -0.1) is 0 Å². The molecule has 0 spiro atoms. The lowest BCUT2D eigenvalue weighted by molar-refractivity contribution is -0.0498. The van der Waals surface area contributed by atoms with Crippen LogP contribution in [0.2, 0.25) is 0 Å². The molecule has 2 rings (SSSR count). The largest absolute Gasteiger partial charge is 0.374 e. The van der Waals surface area contributed by atoms with Gasteiger partial charge in [-0.1, -0.05) is 28.1 Å². The summed E-state index contributed by atoms with van der Waals surface area (Å²) in [6.07, 6.45) is 0.150. The van der Waals surface area contributed by atoms with Gasteiger partial charge < -0.3 is 10.5 Å². The Hall–Kier alpha value is -0.420. The Labute approximate surface area is 117 Å². The van der Waals surface area contributed by atoms with Crippen molar-refractivity contribution in [1.82, 2.24) is 4.90 Å². The van der Waals surface area contributed by atoms with E-state index in [4.69, 9.17) is 10.5 Å². The van der Waals surface area contributed by atoms with Crippen molar-refractivity contribution in [2.75, 3.05) is 19.7 Å². The van der Waals surface area contributed by atoms with Gasteiger partial charge in [0.1, 0.15) is 0 Å². The van der Waals surface area contributed by atoms with Crippen molar-refractivity contribution < 1.29 is 4.74 Å². The van der Waals surface area contributed by atoms with Crippen molar-refractivity contribution in [3.05, 3.63) is 34.3 Å². The second kappa shape index (κ2) is 6.15. The molecule has 0 radical (unpaired) electrons. The molecule has 100 valence electrons. The molecule has 3 nitrogen and oxygen atoms in total. The summed E-state index contributed by atoms with van der Waals surface area (Å²) < 4.78 is 6.82. The monoisotopic (exact) mass is 312 g/mol. The number of halogens is 1. The van der Waals surface area contributed by atoms with Crippen LogP contribution in [0.25, 0.3) is 0 Å². The lowest BCUT2D eigenvalue weighted by atomic mass is 10.0. The fraction of sp³-hybridized carbons (Fsp3) is 0.571. The van der Waals surface area contributed by atoms with E-state index in [1.165, 1.54) is 5.56 Å². The van der Waals surface area contributed by atoms with Crippen LogP contribution in [0.5, 0.6) is 0 Å². The summed E-state index contributed by atoms with van der Waals surface area (Å²) in [6.45, 7) is 6.91. The van der Waals surface area contributed by atoms with Gasteiger partial charge in [0.2, 0.25) is 0 Å². The average Bonchev–Trinajstić information content (AvgIpc) is 2.39. The van der Waals surface area contributed by atoms with Crippen LogP contribution >= 0.6 is 15.9 Å². The minimum Gasteiger partial charge on any atom is -0.374 e. The Kier molecular flexibility index (Phi) is 4.78. The van der Waals surface area contributed by atoms with Crippen molar-refractivity contribution >= 4 is 15.9 Å². The molecule has 0 bridgehead atoms. The molecule has 3 atom stereocenters. The molecule has 2 N–H and O–H groups in total. The molecule has 0 aliphatic carbocycles. The quantitative estimate of drug-likeness (QED) is 0.932. The van der Waals surface area contributed by atoms with Crippen LogP contribution in [0.3, 0.4) is 0 Å². The lowest BCUT2D eigenvalue weighted by Crippen LogP contribution is -2.50. The van der Waals surface area contributed by atoms with E-state index >= 15 is 0 Å². The number of hydrogen-bond donors (Lipinski definition) is 1. The maximum absolute atomic E-state index is 5.93. The second-order valence-electron chi connectivity index (χ2n) is 4.99. The lowest BCUT2D eigenvalue weighted by Gasteiger charge is -2.38. The molecule has 0 saturated carbocycles. The summed E-state index contributed by atoms with van der Waals surface area (Å²) in [6, 6.07) is 9.02. The Balaban J connectivity index is 2.04. The van der Waals surface area contributed by atoms with E-state index in [1.807, 2.05) is 6.92 Å². The molecule has 18 heavy (non-hydrogen) atoms. The van der Waals surface area contributed by atoms with Gasteiger partial charge >= 0.3 is 0 Å². The van der Waals surface area contributed by atoms with E-state index in [-0.39, 0.29) is 12.1 Å². The van der Waals surface area contributed by atoms with Crippen molar-refractivity contribution in [1.29, 1.82) is 0 Å². The Morgan fingerprint density at radius 1 is 1.33 bits per heavy atom. The van der Waals surface area contributed by atoms with Crippen LogP contribution < -0.4 is 5.73 Å². The van der Waals surface area contributed by atoms with Gasteiger partial charge in [-0.05, 0) is 31.5 Å². The van der Waals surface area contributed by atoms with Gasteiger partial charge in [0.05, 0.1) is 12.7 Å². The van der Waals surface area contributed by atoms with Crippen molar-refractivity contribution in [3.8, 4) is 0 Å². The van der Waals surface area contributed by atoms with E-state index in [2.05, 4.69) is 52.0 Å². The highest BCUT2D eigenvalue weighted by atomic mass is 79.9. The van der Waals surface area contributed by atoms with Gasteiger partial charge in [-0.25, -0.2) is 0 Å². The average molecular weight is 313 g/mol. The fourth-order valence-corrected chi connectivity index (χ4v) is 2.58. The highest BCUT2D eigenvalue weighted by molar-refractivity contribution is 9.10. The number of ether oxygens (including phenoxy) is 1. The van der Waals surface area contributed by atoms with Gasteiger partial charge in [0.25, 0.3) is 0 Å². The number of morpholine rings is 1. The number of rotatable bonds is 3. The molecule has 1 saturated heterocycles. The number of nitrogens with zero attached hydrogens (tertiary/aromatic N) is 1. The van der Waals surface area contributed by atoms with E-state index in [0.29, 0.717) is 6.04 Å². The molecule has 1 fully saturated rings. The summed E-state index contributed by atoms with van der Waals surface area (Å²) in [4.78, 5) is 2.45. The summed E-state index contributed by atoms with van der Waals surface area (Å²) in [5, 5.41) is 0. The van der Waals surface area contributed by atoms with Gasteiger partial charge in [-0.3, -0.25) is 4.90 Å². The topological polar surface area (TPSA) is 38.5 Å². The van der Waals surface area contributed by atoms with E-state index in [1.54, 1.807) is 0 Å². The molecule has 1 aliphatic rings. The maximum Gasteiger partial charge on any atom is 0.0850 e. The van der Waals surface area contributed by atoms with Crippen molar-refractivity contribution in [3.63, 3.8) is 0 Å². The smallest absolute Gasteiger partial charge is 0.0850 e. The molecule has 1 aromatic carbocycles. The SMILES string of the molecule is CC(N)C1CN(C(C)c2ccc(Br)cc2)CCO1. The predicted octanol–water partition coefficient (Wildman–Crippen LogP) is 2.56. The second-order valence-corrected chi connectivity index (χ2v) is 5.91. The molecule has 4 heteroatoms. The predicted molar refractivity (Wildman–Crippen MR) is 77.5 cm³/mol. The van der Waals surface area contributed by atoms with Crippen LogP contribution in [0.15, 0.2) is 28.7 Å². The van der Waals surface area contributed by atoms with Crippen LogP contribution in [-0.2, 0) is 4.74 Å². The van der Waals surface area contributed by atoms with Crippen molar-refractivity contribution in [2.45, 2.75) is 32.0 Å². The van der Waals surface area contributed by atoms with Gasteiger partial charge in [0.15, 0.2) is 0 Å². The molecule has 1 heterocycles. The summed E-state index contributed by atoms with van der Waals surface area (Å²) in [5.74, 6) is 0. The fourth-order valence-electron chi connectivity index (χ4n) is 2.32. The first-order valence-electron chi connectivity index (χ1n) is 6.44. The standard InChI is InChI=1S/C14H21BrN2O/c1-10(16)14-9-17(7-8-18-14)11(2)12-3-5-13(15)6-4-12/h3-6,10-11,14H,7-9,16H2,1-2H3. The highest BCUT2D eigenvalue weighted by Gasteiger charge is 2.26. The van der Waals surface area contributed by atoms with E-state index in [9.17, 15) is 0 Å². The first kappa shape index (κ1) is 14.0. The molecule has 1 aliphatic heterocycles. The minimum atomic E-state index is 0.0879. The first-order valence-corrected chi connectivity index (χ1v) is 7.24. The number of benzene rings is 1. The van der Waals surface area contributed by atoms with E-state index < -0.39 is 0 Å². The third-order valence-electron chi connectivity index (χ3n) is 3.61. The molecule has 1 aromatic rings. The zero-order valence-electron chi connectivity index (χ0n) is 11.0. The highest BCUT2D eigenvalue weighted by Crippen LogP contribution is 2.24. The summed E-state index contributed by atoms with van der Waals surface area (Å²) >= 11 is 3.47. The Morgan fingerprint density at radius 3 is 2.61 bits per heavy atom. The third-order valence-corrected chi connectivity index (χ3v) is 4.14. The maximum atomic E-state index is 5.93. The van der Waals surface area contributed by atoms with Crippen LogP contribution in [-0.4, -0.2) is 36.7 Å².